The SMILES string of the molecule is CN(C)CCN(C(=O)c1ccc(Cl)cc1Cl)c1nc2ccc(Br)cc2s1. The number of fused-ring (bicyclic) bond motifs is 1. The monoisotopic (exact) mass is 471 g/mol. The van der Waals surface area contributed by atoms with E-state index in [1.54, 1.807) is 23.1 Å². The van der Waals surface area contributed by atoms with E-state index in [9.17, 15) is 4.79 Å². The molecule has 0 N–H and O–H groups in total. The first-order chi connectivity index (χ1) is 12.3. The fourth-order valence-corrected chi connectivity index (χ4v) is 4.43. The van der Waals surface area contributed by atoms with Gasteiger partial charge in [-0.2, -0.15) is 0 Å². The number of hydrogen-bond donors (Lipinski definition) is 0. The number of aromatic nitrogens is 1. The van der Waals surface area contributed by atoms with E-state index in [2.05, 4.69) is 20.9 Å². The number of likely N-dealkylation sites (N-methyl/N-ethyl adjacent to an activating group) is 1. The normalized spacial score (nSPS) is 11.3. The van der Waals surface area contributed by atoms with Crippen LogP contribution >= 0.6 is 50.5 Å². The van der Waals surface area contributed by atoms with Gasteiger partial charge in [-0.05, 0) is 50.5 Å². The van der Waals surface area contributed by atoms with Gasteiger partial charge in [-0.1, -0.05) is 50.5 Å². The second-order valence-electron chi connectivity index (χ2n) is 5.99. The molecule has 8 heteroatoms. The quantitative estimate of drug-likeness (QED) is 0.486. The predicted molar refractivity (Wildman–Crippen MR) is 114 cm³/mol. The fraction of sp³-hybridized carbons (Fsp3) is 0.222. The molecule has 26 heavy (non-hydrogen) atoms. The van der Waals surface area contributed by atoms with Crippen molar-refractivity contribution in [3.05, 3.63) is 56.5 Å². The van der Waals surface area contributed by atoms with Gasteiger partial charge in [0, 0.05) is 22.6 Å². The smallest absolute Gasteiger partial charge is 0.261 e. The van der Waals surface area contributed by atoms with Crippen molar-refractivity contribution in [2.24, 2.45) is 0 Å². The van der Waals surface area contributed by atoms with Crippen LogP contribution in [0.2, 0.25) is 10.0 Å². The summed E-state index contributed by atoms with van der Waals surface area (Å²) in [4.78, 5) is 21.5. The lowest BCUT2D eigenvalue weighted by Gasteiger charge is -2.22. The van der Waals surface area contributed by atoms with Crippen molar-refractivity contribution in [3.8, 4) is 0 Å². The van der Waals surface area contributed by atoms with Crippen LogP contribution in [0.25, 0.3) is 10.2 Å². The summed E-state index contributed by atoms with van der Waals surface area (Å²) in [5.74, 6) is -0.188. The largest absolute Gasteiger partial charge is 0.308 e. The summed E-state index contributed by atoms with van der Waals surface area (Å²) in [7, 11) is 3.93. The first kappa shape index (κ1) is 19.6. The molecule has 1 heterocycles. The second-order valence-corrected chi connectivity index (χ2v) is 8.76. The highest BCUT2D eigenvalue weighted by molar-refractivity contribution is 9.10. The number of halogens is 3. The molecule has 3 rings (SSSR count). The first-order valence-corrected chi connectivity index (χ1v) is 10.2. The predicted octanol–water partition coefficient (Wildman–Crippen LogP) is 5.57. The number of anilines is 1. The van der Waals surface area contributed by atoms with Crippen molar-refractivity contribution in [2.45, 2.75) is 0 Å². The molecule has 0 bridgehead atoms. The first-order valence-electron chi connectivity index (χ1n) is 7.83. The number of hydrogen-bond acceptors (Lipinski definition) is 4. The summed E-state index contributed by atoms with van der Waals surface area (Å²) < 4.78 is 1.99. The van der Waals surface area contributed by atoms with Gasteiger partial charge in [0.25, 0.3) is 5.91 Å². The lowest BCUT2D eigenvalue weighted by atomic mass is 10.2. The molecule has 0 unspecified atom stereocenters. The van der Waals surface area contributed by atoms with Crippen molar-refractivity contribution in [2.75, 3.05) is 32.1 Å². The van der Waals surface area contributed by atoms with Crippen molar-refractivity contribution in [3.63, 3.8) is 0 Å². The number of benzene rings is 2. The van der Waals surface area contributed by atoms with Crippen LogP contribution in [0, 0.1) is 0 Å². The standard InChI is InChI=1S/C18H16BrCl2N3OS/c1-23(2)7-8-24(17(25)13-5-4-12(20)10-14(13)21)18-22-15-6-3-11(19)9-16(15)26-18/h3-6,9-10H,7-8H2,1-2H3. The molecule has 2 aromatic carbocycles. The highest BCUT2D eigenvalue weighted by Crippen LogP contribution is 2.32. The zero-order valence-corrected chi connectivity index (χ0v) is 18.1. The number of carbonyl (C=O) groups is 1. The third-order valence-corrected chi connectivity index (χ3v) is 5.83. The van der Waals surface area contributed by atoms with Gasteiger partial charge in [0.05, 0.1) is 20.8 Å². The summed E-state index contributed by atoms with van der Waals surface area (Å²) in [5, 5.41) is 1.48. The van der Waals surface area contributed by atoms with Gasteiger partial charge in [-0.3, -0.25) is 9.69 Å². The molecule has 1 amide bonds. The number of nitrogens with zero attached hydrogens (tertiary/aromatic N) is 3. The minimum absolute atomic E-state index is 0.188. The van der Waals surface area contributed by atoms with E-state index in [1.165, 1.54) is 11.3 Å². The van der Waals surface area contributed by atoms with E-state index in [4.69, 9.17) is 23.2 Å². The molecule has 0 radical (unpaired) electrons. The molecule has 1 aromatic heterocycles. The van der Waals surface area contributed by atoms with Crippen LogP contribution in [0.4, 0.5) is 5.13 Å². The Morgan fingerprint density at radius 2 is 1.92 bits per heavy atom. The van der Waals surface area contributed by atoms with E-state index in [-0.39, 0.29) is 5.91 Å². The van der Waals surface area contributed by atoms with Gasteiger partial charge in [-0.15, -0.1) is 0 Å². The zero-order chi connectivity index (χ0) is 18.8. The molecule has 0 atom stereocenters. The van der Waals surface area contributed by atoms with Gasteiger partial charge in [0.1, 0.15) is 0 Å². The summed E-state index contributed by atoms with van der Waals surface area (Å²) in [6.07, 6.45) is 0. The Labute approximate surface area is 174 Å². The van der Waals surface area contributed by atoms with E-state index < -0.39 is 0 Å². The Hall–Kier alpha value is -1.18. The molecule has 0 spiro atoms. The maximum Gasteiger partial charge on any atom is 0.261 e. The van der Waals surface area contributed by atoms with Crippen molar-refractivity contribution in [1.82, 2.24) is 9.88 Å². The minimum atomic E-state index is -0.188. The van der Waals surface area contributed by atoms with Crippen LogP contribution in [0.3, 0.4) is 0 Å². The van der Waals surface area contributed by atoms with Gasteiger partial charge in [0.2, 0.25) is 0 Å². The summed E-state index contributed by atoms with van der Waals surface area (Å²) in [6.45, 7) is 1.21. The summed E-state index contributed by atoms with van der Waals surface area (Å²) >= 11 is 17.2. The molecule has 0 saturated heterocycles. The van der Waals surface area contributed by atoms with Gasteiger partial charge in [0.15, 0.2) is 5.13 Å². The maximum atomic E-state index is 13.2. The molecule has 0 aliphatic carbocycles. The molecule has 3 aromatic rings. The van der Waals surface area contributed by atoms with E-state index in [0.29, 0.717) is 33.8 Å². The lowest BCUT2D eigenvalue weighted by Crippen LogP contribution is -2.36. The van der Waals surface area contributed by atoms with E-state index >= 15 is 0 Å². The van der Waals surface area contributed by atoms with Crippen LogP contribution in [0.15, 0.2) is 40.9 Å². The number of carbonyl (C=O) groups excluding carboxylic acids is 1. The minimum Gasteiger partial charge on any atom is -0.308 e. The highest BCUT2D eigenvalue weighted by atomic mass is 79.9. The Balaban J connectivity index is 2.01. The van der Waals surface area contributed by atoms with Crippen LogP contribution in [-0.4, -0.2) is 43.0 Å². The fourth-order valence-electron chi connectivity index (χ4n) is 2.39. The van der Waals surface area contributed by atoms with Gasteiger partial charge < -0.3 is 4.90 Å². The Morgan fingerprint density at radius 1 is 1.15 bits per heavy atom. The third kappa shape index (κ3) is 4.38. The number of rotatable bonds is 5. The van der Waals surface area contributed by atoms with Gasteiger partial charge in [-0.25, -0.2) is 4.98 Å². The van der Waals surface area contributed by atoms with Crippen LogP contribution in [0.1, 0.15) is 10.4 Å². The Morgan fingerprint density at radius 3 is 2.62 bits per heavy atom. The molecular weight excluding hydrogens is 457 g/mol. The van der Waals surface area contributed by atoms with Crippen molar-refractivity contribution in [1.29, 1.82) is 0 Å². The molecular formula is C18H16BrCl2N3OS. The van der Waals surface area contributed by atoms with E-state index in [0.717, 1.165) is 14.7 Å². The average molecular weight is 473 g/mol. The summed E-state index contributed by atoms with van der Waals surface area (Å²) in [6, 6.07) is 10.8. The number of amides is 1. The Kier molecular flexibility index (Phi) is 6.20. The topological polar surface area (TPSA) is 36.4 Å². The van der Waals surface area contributed by atoms with Crippen molar-refractivity contribution < 1.29 is 4.79 Å². The molecule has 0 aliphatic rings. The van der Waals surface area contributed by atoms with Crippen LogP contribution < -0.4 is 4.90 Å². The molecule has 0 aliphatic heterocycles. The second kappa shape index (κ2) is 8.23. The van der Waals surface area contributed by atoms with Crippen LogP contribution in [-0.2, 0) is 0 Å². The lowest BCUT2D eigenvalue weighted by molar-refractivity contribution is 0.0985. The number of thiazole rings is 1. The zero-order valence-electron chi connectivity index (χ0n) is 14.2. The average Bonchev–Trinajstić information content (AvgIpc) is 2.97. The van der Waals surface area contributed by atoms with E-state index in [1.807, 2.05) is 37.2 Å². The summed E-state index contributed by atoms with van der Waals surface area (Å²) in [5.41, 5.74) is 1.27. The molecule has 0 saturated carbocycles. The molecule has 136 valence electrons. The highest BCUT2D eigenvalue weighted by Gasteiger charge is 2.23. The molecule has 0 fully saturated rings. The van der Waals surface area contributed by atoms with Crippen LogP contribution in [0.5, 0.6) is 0 Å². The molecule has 4 nitrogen and oxygen atoms in total. The third-order valence-electron chi connectivity index (χ3n) is 3.75. The Bertz CT molecular complexity index is 961. The maximum absolute atomic E-state index is 13.2. The van der Waals surface area contributed by atoms with Crippen molar-refractivity contribution >= 4 is 71.7 Å². The van der Waals surface area contributed by atoms with Gasteiger partial charge >= 0.3 is 0 Å².